The molecule has 1 saturated carbocycles. The largest absolute Gasteiger partial charge is 0.485 e. The minimum absolute atomic E-state index is 0.0423. The van der Waals surface area contributed by atoms with Gasteiger partial charge in [-0.2, -0.15) is 0 Å². The van der Waals surface area contributed by atoms with Crippen LogP contribution in [0.25, 0.3) is 0 Å². The van der Waals surface area contributed by atoms with Crippen LogP contribution in [-0.2, 0) is 19.1 Å². The lowest BCUT2D eigenvalue weighted by Crippen LogP contribution is -2.42. The van der Waals surface area contributed by atoms with E-state index in [4.69, 9.17) is 14.2 Å². The maximum Gasteiger partial charge on any atom is 0.350 e. The number of carbonyl (C=O) groups is 2. The first-order valence-electron chi connectivity index (χ1n) is 8.74. The smallest absolute Gasteiger partial charge is 0.350 e. The molecule has 0 aromatic heterocycles. The van der Waals surface area contributed by atoms with Crippen molar-refractivity contribution >= 4 is 17.6 Å². The summed E-state index contributed by atoms with van der Waals surface area (Å²) in [5.41, 5.74) is 0.0331. The SMILES string of the molecule is CC1(C)OC(=O)C(=CNc2cccc(F)c2OC2CCCCC2)C(=O)O1. The Bertz CT molecular complexity index is 715. The molecule has 7 heteroatoms. The van der Waals surface area contributed by atoms with Crippen molar-refractivity contribution in [2.45, 2.75) is 57.8 Å². The lowest BCUT2D eigenvalue weighted by Gasteiger charge is -2.29. The highest BCUT2D eigenvalue weighted by Crippen LogP contribution is 2.32. The normalized spacial score (nSPS) is 20.2. The molecule has 1 aliphatic heterocycles. The Morgan fingerprint density at radius 1 is 1.15 bits per heavy atom. The fraction of sp³-hybridized carbons (Fsp3) is 0.474. The molecule has 0 radical (unpaired) electrons. The molecule has 26 heavy (non-hydrogen) atoms. The number of rotatable bonds is 4. The van der Waals surface area contributed by atoms with E-state index >= 15 is 0 Å². The van der Waals surface area contributed by atoms with Crippen LogP contribution in [0.3, 0.4) is 0 Å². The van der Waals surface area contributed by atoms with Crippen LogP contribution in [0, 0.1) is 5.82 Å². The van der Waals surface area contributed by atoms with Gasteiger partial charge in [0.2, 0.25) is 0 Å². The number of carbonyl (C=O) groups excluding carboxylic acids is 2. The molecule has 0 bridgehead atoms. The summed E-state index contributed by atoms with van der Waals surface area (Å²) in [6, 6.07) is 4.44. The molecule has 0 spiro atoms. The van der Waals surface area contributed by atoms with Gasteiger partial charge in [-0.15, -0.1) is 0 Å². The molecule has 1 saturated heterocycles. The summed E-state index contributed by atoms with van der Waals surface area (Å²) in [5.74, 6) is -3.34. The molecule has 140 valence electrons. The van der Waals surface area contributed by atoms with Gasteiger partial charge in [0.05, 0.1) is 11.8 Å². The fourth-order valence-electron chi connectivity index (χ4n) is 3.02. The molecule has 1 aliphatic carbocycles. The molecule has 0 atom stereocenters. The van der Waals surface area contributed by atoms with E-state index in [2.05, 4.69) is 5.32 Å². The molecular weight excluding hydrogens is 341 g/mol. The van der Waals surface area contributed by atoms with Gasteiger partial charge >= 0.3 is 11.9 Å². The van der Waals surface area contributed by atoms with Crippen LogP contribution < -0.4 is 10.1 Å². The van der Waals surface area contributed by atoms with E-state index in [1.54, 1.807) is 6.07 Å². The molecule has 3 rings (SSSR count). The van der Waals surface area contributed by atoms with Crippen molar-refractivity contribution in [3.8, 4) is 5.75 Å². The zero-order valence-corrected chi connectivity index (χ0v) is 14.8. The Morgan fingerprint density at radius 2 is 1.81 bits per heavy atom. The number of hydrogen-bond donors (Lipinski definition) is 1. The summed E-state index contributed by atoms with van der Waals surface area (Å²) in [6.45, 7) is 2.94. The topological polar surface area (TPSA) is 73.9 Å². The average molecular weight is 363 g/mol. The van der Waals surface area contributed by atoms with E-state index in [0.29, 0.717) is 5.69 Å². The van der Waals surface area contributed by atoms with Crippen molar-refractivity contribution in [1.82, 2.24) is 0 Å². The lowest BCUT2D eigenvalue weighted by atomic mass is 9.98. The number of esters is 2. The third-order valence-electron chi connectivity index (χ3n) is 4.29. The molecule has 1 aromatic carbocycles. The maximum atomic E-state index is 14.3. The minimum Gasteiger partial charge on any atom is -0.485 e. The predicted molar refractivity (Wildman–Crippen MR) is 91.9 cm³/mol. The molecule has 1 aromatic rings. The Labute approximate surface area is 151 Å². The highest BCUT2D eigenvalue weighted by Gasteiger charge is 2.39. The van der Waals surface area contributed by atoms with Gasteiger partial charge in [0, 0.05) is 20.0 Å². The lowest BCUT2D eigenvalue weighted by molar-refractivity contribution is -0.222. The van der Waals surface area contributed by atoms with Gasteiger partial charge < -0.3 is 19.5 Å². The zero-order chi connectivity index (χ0) is 18.7. The molecule has 0 unspecified atom stereocenters. The number of para-hydroxylation sites is 1. The summed E-state index contributed by atoms with van der Waals surface area (Å²) in [5, 5.41) is 2.77. The molecule has 1 N–H and O–H groups in total. The van der Waals surface area contributed by atoms with Gasteiger partial charge in [-0.25, -0.2) is 14.0 Å². The van der Waals surface area contributed by atoms with Crippen LogP contribution in [-0.4, -0.2) is 23.8 Å². The highest BCUT2D eigenvalue weighted by atomic mass is 19.1. The summed E-state index contributed by atoms with van der Waals surface area (Å²) in [6.07, 6.45) is 6.14. The summed E-state index contributed by atoms with van der Waals surface area (Å²) in [7, 11) is 0. The monoisotopic (exact) mass is 363 g/mol. The van der Waals surface area contributed by atoms with Crippen LogP contribution in [0.5, 0.6) is 5.75 Å². The quantitative estimate of drug-likeness (QED) is 0.500. The van der Waals surface area contributed by atoms with Crippen LogP contribution in [0.1, 0.15) is 46.0 Å². The second-order valence-electron chi connectivity index (χ2n) is 6.88. The summed E-state index contributed by atoms with van der Waals surface area (Å²) >= 11 is 0. The van der Waals surface area contributed by atoms with Gasteiger partial charge in [-0.3, -0.25) is 0 Å². The second kappa shape index (κ2) is 7.35. The fourth-order valence-corrected chi connectivity index (χ4v) is 3.02. The van der Waals surface area contributed by atoms with Crippen LogP contribution in [0.15, 0.2) is 30.0 Å². The number of benzene rings is 1. The molecule has 1 heterocycles. The van der Waals surface area contributed by atoms with Crippen molar-refractivity contribution in [2.24, 2.45) is 0 Å². The van der Waals surface area contributed by atoms with E-state index < -0.39 is 23.5 Å². The van der Waals surface area contributed by atoms with Crippen molar-refractivity contribution in [3.05, 3.63) is 35.8 Å². The van der Waals surface area contributed by atoms with Gasteiger partial charge in [0.1, 0.15) is 0 Å². The first-order valence-corrected chi connectivity index (χ1v) is 8.74. The zero-order valence-electron chi connectivity index (χ0n) is 14.8. The average Bonchev–Trinajstić information content (AvgIpc) is 2.57. The van der Waals surface area contributed by atoms with Crippen molar-refractivity contribution in [2.75, 3.05) is 5.32 Å². The number of hydrogen-bond acceptors (Lipinski definition) is 6. The Balaban J connectivity index is 1.78. The molecule has 2 fully saturated rings. The van der Waals surface area contributed by atoms with E-state index in [1.165, 1.54) is 26.0 Å². The maximum absolute atomic E-state index is 14.3. The first kappa shape index (κ1) is 18.2. The molecular formula is C19H22FNO5. The number of halogens is 1. The summed E-state index contributed by atoms with van der Waals surface area (Å²) in [4.78, 5) is 23.9. The first-order chi connectivity index (χ1) is 12.4. The number of nitrogens with one attached hydrogen (secondary N) is 1. The predicted octanol–water partition coefficient (Wildman–Crippen LogP) is 3.67. The van der Waals surface area contributed by atoms with Gasteiger partial charge in [0.15, 0.2) is 17.1 Å². The van der Waals surface area contributed by atoms with E-state index in [9.17, 15) is 14.0 Å². The number of cyclic esters (lactones) is 2. The van der Waals surface area contributed by atoms with Crippen LogP contribution >= 0.6 is 0 Å². The van der Waals surface area contributed by atoms with E-state index in [-0.39, 0.29) is 17.4 Å². The number of anilines is 1. The molecule has 0 amide bonds. The minimum atomic E-state index is -1.31. The number of ether oxygens (including phenoxy) is 3. The van der Waals surface area contributed by atoms with Crippen LogP contribution in [0.2, 0.25) is 0 Å². The van der Waals surface area contributed by atoms with Crippen molar-refractivity contribution < 1.29 is 28.2 Å². The molecule has 2 aliphatic rings. The van der Waals surface area contributed by atoms with E-state index in [1.807, 2.05) is 0 Å². The van der Waals surface area contributed by atoms with Gasteiger partial charge in [0.25, 0.3) is 5.79 Å². The Kier molecular flexibility index (Phi) is 5.15. The van der Waals surface area contributed by atoms with Crippen LogP contribution in [0.4, 0.5) is 10.1 Å². The molecule has 6 nitrogen and oxygen atoms in total. The van der Waals surface area contributed by atoms with Crippen molar-refractivity contribution in [1.29, 1.82) is 0 Å². The second-order valence-corrected chi connectivity index (χ2v) is 6.88. The summed E-state index contributed by atoms with van der Waals surface area (Å²) < 4.78 is 30.2. The standard InChI is InChI=1S/C19H22FNO5/c1-19(2)25-17(22)13(18(23)26-19)11-21-15-10-6-9-14(20)16(15)24-12-7-4-3-5-8-12/h6,9-12,21H,3-5,7-8H2,1-2H3. The van der Waals surface area contributed by atoms with Gasteiger partial charge in [-0.1, -0.05) is 12.5 Å². The van der Waals surface area contributed by atoms with Gasteiger partial charge in [-0.05, 0) is 37.8 Å². The third kappa shape index (κ3) is 4.15. The van der Waals surface area contributed by atoms with Crippen molar-refractivity contribution in [3.63, 3.8) is 0 Å². The highest BCUT2D eigenvalue weighted by molar-refractivity contribution is 6.15. The third-order valence-corrected chi connectivity index (χ3v) is 4.29. The Morgan fingerprint density at radius 3 is 2.46 bits per heavy atom. The Hall–Kier alpha value is -2.57. The van der Waals surface area contributed by atoms with E-state index in [0.717, 1.165) is 38.3 Å².